The Morgan fingerprint density at radius 2 is 1.89 bits per heavy atom. The molecule has 1 fully saturated rings. The molecule has 0 saturated carbocycles. The highest BCUT2D eigenvalue weighted by molar-refractivity contribution is 5.93. The van der Waals surface area contributed by atoms with Gasteiger partial charge in [-0.3, -0.25) is 19.5 Å². The zero-order valence-corrected chi connectivity index (χ0v) is 22.5. The van der Waals surface area contributed by atoms with Gasteiger partial charge in [0, 0.05) is 69.3 Å². The summed E-state index contributed by atoms with van der Waals surface area (Å²) in [6.07, 6.45) is 7.36. The minimum atomic E-state index is -0.166. The first kappa shape index (κ1) is 26.1. The van der Waals surface area contributed by atoms with Crippen molar-refractivity contribution in [3.8, 4) is 0 Å². The first-order chi connectivity index (χ1) is 18.4. The van der Waals surface area contributed by atoms with Gasteiger partial charge in [-0.2, -0.15) is 0 Å². The summed E-state index contributed by atoms with van der Waals surface area (Å²) in [4.78, 5) is 37.3. The molecule has 8 heteroatoms. The lowest BCUT2D eigenvalue weighted by Crippen LogP contribution is -2.45. The Hall–Kier alpha value is -3.52. The van der Waals surface area contributed by atoms with Crippen LogP contribution >= 0.6 is 0 Å². The van der Waals surface area contributed by atoms with Crippen LogP contribution in [0.5, 0.6) is 0 Å². The third-order valence-electron chi connectivity index (χ3n) is 7.67. The maximum atomic E-state index is 13.9. The van der Waals surface area contributed by atoms with E-state index >= 15 is 0 Å². The molecule has 2 bridgehead atoms. The predicted molar refractivity (Wildman–Crippen MR) is 145 cm³/mol. The zero-order valence-electron chi connectivity index (χ0n) is 22.5. The first-order valence-corrected chi connectivity index (χ1v) is 13.6. The van der Waals surface area contributed by atoms with E-state index in [1.165, 1.54) is 0 Å². The van der Waals surface area contributed by atoms with Crippen molar-refractivity contribution in [2.45, 2.75) is 71.6 Å². The van der Waals surface area contributed by atoms with Crippen LogP contribution in [-0.4, -0.2) is 56.9 Å². The van der Waals surface area contributed by atoms with Crippen molar-refractivity contribution in [1.29, 1.82) is 0 Å². The van der Waals surface area contributed by atoms with Crippen molar-refractivity contribution in [2.24, 2.45) is 5.92 Å². The van der Waals surface area contributed by atoms with Gasteiger partial charge in [0.2, 0.25) is 11.7 Å². The van der Waals surface area contributed by atoms with Gasteiger partial charge in [-0.25, -0.2) is 0 Å². The molecule has 2 aliphatic rings. The van der Waals surface area contributed by atoms with Gasteiger partial charge in [-0.15, -0.1) is 0 Å². The third-order valence-corrected chi connectivity index (χ3v) is 7.67. The largest absolute Gasteiger partial charge is 0.351 e. The topological polar surface area (TPSA) is 82.8 Å². The van der Waals surface area contributed by atoms with Crippen molar-refractivity contribution in [3.05, 3.63) is 77.4 Å². The average molecular weight is 516 g/mol. The lowest BCUT2D eigenvalue weighted by Gasteiger charge is -2.33. The van der Waals surface area contributed by atoms with E-state index in [9.17, 15) is 9.59 Å². The number of pyridine rings is 1. The van der Waals surface area contributed by atoms with Crippen LogP contribution in [0.25, 0.3) is 0 Å². The molecule has 2 unspecified atom stereocenters. The fourth-order valence-corrected chi connectivity index (χ4v) is 5.88. The number of para-hydroxylation sites is 1. The molecule has 1 aromatic carbocycles. The van der Waals surface area contributed by atoms with Crippen LogP contribution in [0, 0.1) is 5.92 Å². The normalized spacial score (nSPS) is 20.3. The summed E-state index contributed by atoms with van der Waals surface area (Å²) in [5.74, 6) is 0.531. The highest BCUT2D eigenvalue weighted by atomic mass is 16.5. The second-order valence-corrected chi connectivity index (χ2v) is 11.0. The van der Waals surface area contributed by atoms with Gasteiger partial charge in [0.05, 0.1) is 5.69 Å². The monoisotopic (exact) mass is 515 g/mol. The van der Waals surface area contributed by atoms with Crippen LogP contribution in [0.2, 0.25) is 0 Å². The molecule has 200 valence electrons. The van der Waals surface area contributed by atoms with E-state index in [-0.39, 0.29) is 23.6 Å². The number of rotatable bonds is 5. The zero-order chi connectivity index (χ0) is 26.6. The number of amides is 2. The molecule has 5 rings (SSSR count). The molecular weight excluding hydrogens is 478 g/mol. The third kappa shape index (κ3) is 5.80. The van der Waals surface area contributed by atoms with Crippen molar-refractivity contribution in [2.75, 3.05) is 18.0 Å². The number of carbonyl (C=O) groups excluding carboxylic acids is 2. The quantitative estimate of drug-likeness (QED) is 0.490. The van der Waals surface area contributed by atoms with Crippen molar-refractivity contribution in [1.82, 2.24) is 19.9 Å². The van der Waals surface area contributed by atoms with E-state index in [1.54, 1.807) is 19.2 Å². The Bertz CT molecular complexity index is 1260. The van der Waals surface area contributed by atoms with E-state index < -0.39 is 0 Å². The van der Waals surface area contributed by atoms with E-state index in [0.29, 0.717) is 31.6 Å². The van der Waals surface area contributed by atoms with Crippen molar-refractivity contribution in [3.63, 3.8) is 0 Å². The minimum absolute atomic E-state index is 0.0106. The van der Waals surface area contributed by atoms with Crippen molar-refractivity contribution < 1.29 is 14.1 Å². The van der Waals surface area contributed by atoms with Crippen LogP contribution in [0.4, 0.5) is 5.69 Å². The molecule has 1 saturated heterocycles. The average Bonchev–Trinajstić information content (AvgIpc) is 3.50. The summed E-state index contributed by atoms with van der Waals surface area (Å²) in [6.45, 7) is 8.23. The fourth-order valence-electron chi connectivity index (χ4n) is 5.88. The van der Waals surface area contributed by atoms with Gasteiger partial charge in [0.15, 0.2) is 0 Å². The Morgan fingerprint density at radius 1 is 1.08 bits per heavy atom. The second-order valence-electron chi connectivity index (χ2n) is 11.0. The molecule has 2 aromatic heterocycles. The summed E-state index contributed by atoms with van der Waals surface area (Å²) in [5.41, 5.74) is 3.77. The molecule has 3 aromatic rings. The molecule has 0 N–H and O–H groups in total. The number of anilines is 1. The van der Waals surface area contributed by atoms with Gasteiger partial charge in [0.1, 0.15) is 0 Å². The number of hydrogen-bond donors (Lipinski definition) is 0. The number of carbonyl (C=O) groups is 2. The SMILES string of the molecule is CC(=O)N1CCC2CCC(CN(C(=O)c3cc(CC(C)C)no3)Cc3ccccc31)N2Cc1cccnc1. The lowest BCUT2D eigenvalue weighted by molar-refractivity contribution is -0.116. The Balaban J connectivity index is 1.51. The molecular formula is C30H37N5O3. The van der Waals surface area contributed by atoms with E-state index in [0.717, 1.165) is 54.7 Å². The summed E-state index contributed by atoms with van der Waals surface area (Å²) < 4.78 is 5.55. The smallest absolute Gasteiger partial charge is 0.292 e. The van der Waals surface area contributed by atoms with Gasteiger partial charge >= 0.3 is 0 Å². The minimum Gasteiger partial charge on any atom is -0.351 e. The highest BCUT2D eigenvalue weighted by Crippen LogP contribution is 2.33. The molecule has 8 nitrogen and oxygen atoms in total. The van der Waals surface area contributed by atoms with Gasteiger partial charge in [-0.05, 0) is 54.9 Å². The molecule has 2 atom stereocenters. The van der Waals surface area contributed by atoms with Crippen LogP contribution in [0.1, 0.15) is 67.4 Å². The molecule has 0 spiro atoms. The lowest BCUT2D eigenvalue weighted by atomic mass is 10.1. The number of hydrogen-bond acceptors (Lipinski definition) is 6. The molecule has 38 heavy (non-hydrogen) atoms. The summed E-state index contributed by atoms with van der Waals surface area (Å²) in [5, 5.41) is 4.17. The Kier molecular flexibility index (Phi) is 7.88. The standard InChI is InChI=1S/C30H37N5O3/c1-21(2)15-25-16-29(38-32-25)30(37)33-19-24-8-4-5-9-28(24)34(22(3)36)14-12-26-10-11-27(20-33)35(26)18-23-7-6-13-31-17-23/h4-9,13,16-17,21,26-27H,10-12,14-15,18-20H2,1-3H3. The Morgan fingerprint density at radius 3 is 2.66 bits per heavy atom. The predicted octanol–water partition coefficient (Wildman–Crippen LogP) is 4.70. The van der Waals surface area contributed by atoms with Crippen LogP contribution in [-0.2, 0) is 24.3 Å². The number of aromatic nitrogens is 2. The molecule has 0 radical (unpaired) electrons. The van der Waals surface area contributed by atoms with Gasteiger partial charge in [-0.1, -0.05) is 43.3 Å². The number of fused-ring (bicyclic) bond motifs is 3. The van der Waals surface area contributed by atoms with E-state index in [4.69, 9.17) is 4.52 Å². The summed E-state index contributed by atoms with van der Waals surface area (Å²) in [6, 6.07) is 14.3. The van der Waals surface area contributed by atoms with Gasteiger partial charge in [0.25, 0.3) is 5.91 Å². The molecule has 0 aliphatic carbocycles. The maximum absolute atomic E-state index is 13.9. The van der Waals surface area contributed by atoms with Crippen LogP contribution in [0.3, 0.4) is 0 Å². The molecule has 4 heterocycles. The van der Waals surface area contributed by atoms with Crippen LogP contribution < -0.4 is 4.90 Å². The fraction of sp³-hybridized carbons (Fsp3) is 0.467. The number of benzene rings is 1. The summed E-state index contributed by atoms with van der Waals surface area (Å²) in [7, 11) is 0. The second kappa shape index (κ2) is 11.5. The molecule has 2 amide bonds. The highest BCUT2D eigenvalue weighted by Gasteiger charge is 2.37. The Labute approximate surface area is 224 Å². The van der Waals surface area contributed by atoms with E-state index in [1.807, 2.05) is 46.3 Å². The van der Waals surface area contributed by atoms with E-state index in [2.05, 4.69) is 35.0 Å². The number of nitrogens with zero attached hydrogens (tertiary/aromatic N) is 5. The van der Waals surface area contributed by atoms with Crippen LogP contribution in [0.15, 0.2) is 59.4 Å². The van der Waals surface area contributed by atoms with Gasteiger partial charge < -0.3 is 14.3 Å². The van der Waals surface area contributed by atoms with Crippen molar-refractivity contribution >= 4 is 17.5 Å². The maximum Gasteiger partial charge on any atom is 0.292 e. The molecule has 2 aliphatic heterocycles. The first-order valence-electron chi connectivity index (χ1n) is 13.6. The summed E-state index contributed by atoms with van der Waals surface area (Å²) >= 11 is 0.